The van der Waals surface area contributed by atoms with Crippen molar-refractivity contribution in [3.63, 3.8) is 0 Å². The summed E-state index contributed by atoms with van der Waals surface area (Å²) in [6, 6.07) is 7.76. The molecule has 2 heterocycles. The number of nitrogens with one attached hydrogen (secondary N) is 1. The second kappa shape index (κ2) is 8.08. The lowest BCUT2D eigenvalue weighted by Gasteiger charge is -2.26. The zero-order chi connectivity index (χ0) is 16.8. The summed E-state index contributed by atoms with van der Waals surface area (Å²) in [7, 11) is 0. The van der Waals surface area contributed by atoms with Gasteiger partial charge in [-0.1, -0.05) is 24.3 Å². The zero-order valence-electron chi connectivity index (χ0n) is 13.7. The molecule has 0 bridgehead atoms. The van der Waals surface area contributed by atoms with E-state index in [2.05, 4.69) is 22.4 Å². The predicted molar refractivity (Wildman–Crippen MR) is 91.1 cm³/mol. The molecule has 6 nitrogen and oxygen atoms in total. The van der Waals surface area contributed by atoms with Gasteiger partial charge in [0.2, 0.25) is 5.91 Å². The van der Waals surface area contributed by atoms with Crippen molar-refractivity contribution < 1.29 is 9.53 Å². The topological polar surface area (TPSA) is 82.2 Å². The Hall–Kier alpha value is -2.18. The van der Waals surface area contributed by atoms with Crippen LogP contribution in [0.4, 0.5) is 0 Å². The van der Waals surface area contributed by atoms with Gasteiger partial charge in [-0.25, -0.2) is 4.98 Å². The van der Waals surface area contributed by atoms with Crippen molar-refractivity contribution in [1.29, 1.82) is 0 Å². The van der Waals surface area contributed by atoms with Crippen molar-refractivity contribution in [1.82, 2.24) is 14.9 Å². The summed E-state index contributed by atoms with van der Waals surface area (Å²) in [6.07, 6.45) is 7.22. The van der Waals surface area contributed by atoms with Crippen LogP contribution in [0.3, 0.4) is 0 Å². The van der Waals surface area contributed by atoms with E-state index in [9.17, 15) is 4.79 Å². The van der Waals surface area contributed by atoms with Crippen molar-refractivity contribution in [2.24, 2.45) is 11.7 Å². The number of nitrogens with two attached hydrogens (primary N) is 1. The number of carbonyl (C=O) groups excluding carboxylic acids is 1. The Morgan fingerprint density at radius 3 is 2.67 bits per heavy atom. The monoisotopic (exact) mass is 328 g/mol. The van der Waals surface area contributed by atoms with Gasteiger partial charge in [-0.3, -0.25) is 4.79 Å². The average Bonchev–Trinajstić information content (AvgIpc) is 3.14. The van der Waals surface area contributed by atoms with Crippen molar-refractivity contribution in [2.45, 2.75) is 32.0 Å². The van der Waals surface area contributed by atoms with Crippen LogP contribution in [0.15, 0.2) is 43.0 Å². The van der Waals surface area contributed by atoms with E-state index in [0.29, 0.717) is 19.8 Å². The highest BCUT2D eigenvalue weighted by atomic mass is 16.5. The fraction of sp³-hybridized carbons (Fsp3) is 0.444. The van der Waals surface area contributed by atoms with Crippen molar-refractivity contribution >= 4 is 5.91 Å². The maximum Gasteiger partial charge on any atom is 0.237 e. The van der Waals surface area contributed by atoms with E-state index in [1.807, 2.05) is 22.9 Å². The smallest absolute Gasteiger partial charge is 0.237 e. The standard InChI is InChI=1S/C18H24N4O2/c19-17(16-5-9-24-10-6-16)18(23)21-11-14-1-3-15(4-2-14)12-22-8-7-20-13-22/h1-4,7-8,13,16-17H,5-6,9-12,19H2,(H,21,23). The van der Waals surface area contributed by atoms with Crippen LogP contribution in [0.2, 0.25) is 0 Å². The molecule has 1 aromatic carbocycles. The SMILES string of the molecule is NC(C(=O)NCc1ccc(Cn2ccnc2)cc1)C1CCOCC1. The van der Waals surface area contributed by atoms with E-state index in [1.54, 1.807) is 12.5 Å². The van der Waals surface area contributed by atoms with Gasteiger partial charge in [-0.05, 0) is 29.9 Å². The molecule has 1 fully saturated rings. The van der Waals surface area contributed by atoms with Gasteiger partial charge in [-0.2, -0.15) is 0 Å². The van der Waals surface area contributed by atoms with Crippen molar-refractivity contribution in [2.75, 3.05) is 13.2 Å². The van der Waals surface area contributed by atoms with E-state index < -0.39 is 6.04 Å². The minimum absolute atomic E-state index is 0.0793. The first-order chi connectivity index (χ1) is 11.7. The molecule has 1 amide bonds. The Kier molecular flexibility index (Phi) is 5.61. The summed E-state index contributed by atoms with van der Waals surface area (Å²) in [5.41, 5.74) is 8.34. The summed E-state index contributed by atoms with van der Waals surface area (Å²) in [5, 5.41) is 2.94. The highest BCUT2D eigenvalue weighted by Gasteiger charge is 2.26. The summed E-state index contributed by atoms with van der Waals surface area (Å²) < 4.78 is 7.33. The van der Waals surface area contributed by atoms with E-state index in [0.717, 1.165) is 24.9 Å². The Bertz CT molecular complexity index is 634. The van der Waals surface area contributed by atoms with E-state index in [-0.39, 0.29) is 11.8 Å². The van der Waals surface area contributed by atoms with Gasteiger partial charge in [0.25, 0.3) is 0 Å². The van der Waals surface area contributed by atoms with Gasteiger partial charge < -0.3 is 20.4 Å². The van der Waals surface area contributed by atoms with Gasteiger partial charge >= 0.3 is 0 Å². The molecule has 128 valence electrons. The number of rotatable bonds is 6. The van der Waals surface area contributed by atoms with Crippen LogP contribution < -0.4 is 11.1 Å². The number of carbonyl (C=O) groups is 1. The molecule has 1 aliphatic rings. The molecule has 24 heavy (non-hydrogen) atoms. The minimum Gasteiger partial charge on any atom is -0.381 e. The number of benzene rings is 1. The molecular weight excluding hydrogens is 304 g/mol. The highest BCUT2D eigenvalue weighted by molar-refractivity contribution is 5.81. The molecule has 0 saturated carbocycles. The number of amides is 1. The fourth-order valence-electron chi connectivity index (χ4n) is 2.95. The van der Waals surface area contributed by atoms with Crippen LogP contribution in [0, 0.1) is 5.92 Å². The number of nitrogens with zero attached hydrogens (tertiary/aromatic N) is 2. The summed E-state index contributed by atoms with van der Waals surface area (Å²) >= 11 is 0. The first-order valence-corrected chi connectivity index (χ1v) is 8.37. The number of ether oxygens (including phenoxy) is 1. The largest absolute Gasteiger partial charge is 0.381 e. The number of hydrogen-bond donors (Lipinski definition) is 2. The number of imidazole rings is 1. The summed E-state index contributed by atoms with van der Waals surface area (Å²) in [5.74, 6) is 0.140. The molecule has 3 N–H and O–H groups in total. The van der Waals surface area contributed by atoms with E-state index >= 15 is 0 Å². The van der Waals surface area contributed by atoms with Gasteiger partial charge in [0.05, 0.1) is 12.4 Å². The highest BCUT2D eigenvalue weighted by Crippen LogP contribution is 2.17. The molecule has 1 aromatic heterocycles. The zero-order valence-corrected chi connectivity index (χ0v) is 13.7. The molecule has 1 unspecified atom stereocenters. The first kappa shape index (κ1) is 16.7. The first-order valence-electron chi connectivity index (χ1n) is 8.37. The molecule has 0 aliphatic carbocycles. The molecule has 0 radical (unpaired) electrons. The second-order valence-electron chi connectivity index (χ2n) is 6.24. The fourth-order valence-corrected chi connectivity index (χ4v) is 2.95. The Labute approximate surface area is 142 Å². The lowest BCUT2D eigenvalue weighted by molar-refractivity contribution is -0.124. The average molecular weight is 328 g/mol. The second-order valence-corrected chi connectivity index (χ2v) is 6.24. The Morgan fingerprint density at radius 1 is 1.29 bits per heavy atom. The Balaban J connectivity index is 1.48. The van der Waals surface area contributed by atoms with E-state index in [4.69, 9.17) is 10.5 Å². The molecule has 1 saturated heterocycles. The van der Waals surface area contributed by atoms with Crippen LogP contribution in [0.1, 0.15) is 24.0 Å². The maximum atomic E-state index is 12.2. The Morgan fingerprint density at radius 2 is 2.00 bits per heavy atom. The third kappa shape index (κ3) is 4.43. The molecule has 1 aliphatic heterocycles. The normalized spacial score (nSPS) is 16.7. The quantitative estimate of drug-likeness (QED) is 0.837. The third-order valence-corrected chi connectivity index (χ3v) is 4.49. The maximum absolute atomic E-state index is 12.2. The molecule has 1 atom stereocenters. The van der Waals surface area contributed by atoms with E-state index in [1.165, 1.54) is 5.56 Å². The lowest BCUT2D eigenvalue weighted by atomic mass is 9.92. The molecule has 2 aromatic rings. The van der Waals surface area contributed by atoms with Crippen LogP contribution in [0.25, 0.3) is 0 Å². The van der Waals surface area contributed by atoms with Gasteiger partial charge in [0.15, 0.2) is 0 Å². The van der Waals surface area contributed by atoms with Crippen molar-refractivity contribution in [3.8, 4) is 0 Å². The van der Waals surface area contributed by atoms with Crippen LogP contribution in [-0.4, -0.2) is 34.7 Å². The number of aromatic nitrogens is 2. The molecular formula is C18H24N4O2. The van der Waals surface area contributed by atoms with Crippen LogP contribution >= 0.6 is 0 Å². The molecule has 6 heteroatoms. The molecule has 3 rings (SSSR count). The van der Waals surface area contributed by atoms with Crippen LogP contribution in [0.5, 0.6) is 0 Å². The van der Waals surface area contributed by atoms with Gasteiger partial charge in [0.1, 0.15) is 0 Å². The van der Waals surface area contributed by atoms with Crippen LogP contribution in [-0.2, 0) is 22.6 Å². The predicted octanol–water partition coefficient (Wildman–Crippen LogP) is 1.30. The number of hydrogen-bond acceptors (Lipinski definition) is 4. The lowest BCUT2D eigenvalue weighted by Crippen LogP contribution is -2.46. The van der Waals surface area contributed by atoms with Crippen molar-refractivity contribution in [3.05, 3.63) is 54.1 Å². The van der Waals surface area contributed by atoms with Gasteiger partial charge in [0, 0.05) is 38.7 Å². The molecule has 0 spiro atoms. The third-order valence-electron chi connectivity index (χ3n) is 4.49. The minimum atomic E-state index is -0.450. The summed E-state index contributed by atoms with van der Waals surface area (Å²) in [4.78, 5) is 16.2. The summed E-state index contributed by atoms with van der Waals surface area (Å²) in [6.45, 7) is 2.69. The van der Waals surface area contributed by atoms with Gasteiger partial charge in [-0.15, -0.1) is 0 Å².